The molecule has 0 saturated heterocycles. The minimum Gasteiger partial charge on any atom is -0.508 e. The van der Waals surface area contributed by atoms with Crippen LogP contribution in [-0.2, 0) is 0 Å². The van der Waals surface area contributed by atoms with E-state index in [-0.39, 0.29) is 5.41 Å². The first-order valence-corrected chi connectivity index (χ1v) is 11.6. The van der Waals surface area contributed by atoms with Gasteiger partial charge in [0.05, 0.1) is 0 Å². The molecule has 0 spiro atoms. The third-order valence-electron chi connectivity index (χ3n) is 8.92. The van der Waals surface area contributed by atoms with Gasteiger partial charge in [0, 0.05) is 11.8 Å². The molecule has 0 amide bonds. The van der Waals surface area contributed by atoms with Crippen molar-refractivity contribution in [2.24, 2.45) is 40.4 Å². The van der Waals surface area contributed by atoms with E-state index in [9.17, 15) is 10.2 Å². The maximum absolute atomic E-state index is 9.97. The molecular weight excluding hydrogens is 356 g/mol. The summed E-state index contributed by atoms with van der Waals surface area (Å²) in [7, 11) is 0. The highest BCUT2D eigenvalue weighted by Gasteiger charge is 2.58. The Morgan fingerprint density at radius 3 is 2.69 bits per heavy atom. The van der Waals surface area contributed by atoms with Crippen LogP contribution in [0.4, 0.5) is 0 Å². The first-order valence-electron chi connectivity index (χ1n) is 11.6. The lowest BCUT2D eigenvalue weighted by Crippen LogP contribution is -2.49. The van der Waals surface area contributed by atoms with Crippen molar-refractivity contribution in [1.82, 2.24) is 0 Å². The van der Waals surface area contributed by atoms with Crippen LogP contribution in [0.15, 0.2) is 35.6 Å². The zero-order valence-electron chi connectivity index (χ0n) is 18.8. The Labute approximate surface area is 177 Å². The Balaban J connectivity index is 1.54. The van der Waals surface area contributed by atoms with Gasteiger partial charge in [-0.2, -0.15) is 0 Å². The van der Waals surface area contributed by atoms with Gasteiger partial charge in [-0.1, -0.05) is 38.8 Å². The average molecular weight is 395 g/mol. The molecule has 2 saturated carbocycles. The van der Waals surface area contributed by atoms with Crippen LogP contribution in [0.3, 0.4) is 0 Å². The summed E-state index contributed by atoms with van der Waals surface area (Å²) in [4.78, 5) is 0. The molecular formula is C27H38O2. The quantitative estimate of drug-likeness (QED) is 0.548. The number of aliphatic hydroxyl groups is 2. The predicted octanol–water partition coefficient (Wildman–Crippen LogP) is 6.19. The lowest BCUT2D eigenvalue weighted by molar-refractivity contribution is -0.0307. The second kappa shape index (κ2) is 7.05. The molecule has 0 aliphatic heterocycles. The molecule has 4 rings (SSSR count). The van der Waals surface area contributed by atoms with Gasteiger partial charge in [-0.25, -0.2) is 0 Å². The Morgan fingerprint density at radius 1 is 1.21 bits per heavy atom. The minimum atomic E-state index is -0.891. The van der Waals surface area contributed by atoms with Crippen molar-refractivity contribution in [1.29, 1.82) is 0 Å². The summed E-state index contributed by atoms with van der Waals surface area (Å²) in [6.45, 7) is 10.9. The number of hydrogen-bond donors (Lipinski definition) is 2. The third-order valence-corrected chi connectivity index (χ3v) is 8.92. The molecule has 0 aromatic rings. The second-order valence-corrected chi connectivity index (χ2v) is 11.2. The molecule has 0 aromatic heterocycles. The zero-order chi connectivity index (χ0) is 21.0. The molecule has 158 valence electrons. The van der Waals surface area contributed by atoms with Gasteiger partial charge in [0.2, 0.25) is 0 Å². The van der Waals surface area contributed by atoms with E-state index in [4.69, 9.17) is 0 Å². The lowest BCUT2D eigenvalue weighted by atomic mass is 9.48. The van der Waals surface area contributed by atoms with Gasteiger partial charge in [0.1, 0.15) is 11.4 Å². The maximum atomic E-state index is 9.97. The van der Waals surface area contributed by atoms with E-state index < -0.39 is 5.60 Å². The van der Waals surface area contributed by atoms with Crippen LogP contribution in [0, 0.1) is 52.3 Å². The van der Waals surface area contributed by atoms with Crippen molar-refractivity contribution >= 4 is 0 Å². The Morgan fingerprint density at radius 2 is 1.97 bits per heavy atom. The highest BCUT2D eigenvalue weighted by Crippen LogP contribution is 2.66. The molecule has 0 radical (unpaired) electrons. The van der Waals surface area contributed by atoms with Crippen LogP contribution in [0.2, 0.25) is 0 Å². The van der Waals surface area contributed by atoms with E-state index >= 15 is 0 Å². The summed E-state index contributed by atoms with van der Waals surface area (Å²) in [5.74, 6) is 10.2. The summed E-state index contributed by atoms with van der Waals surface area (Å²) in [6.07, 6.45) is 15.9. The van der Waals surface area contributed by atoms with Crippen LogP contribution < -0.4 is 0 Å². The molecule has 4 aliphatic rings. The molecule has 0 aromatic carbocycles. The fourth-order valence-electron chi connectivity index (χ4n) is 7.50. The molecule has 2 nitrogen and oxygen atoms in total. The van der Waals surface area contributed by atoms with Gasteiger partial charge in [0.15, 0.2) is 0 Å². The zero-order valence-corrected chi connectivity index (χ0v) is 18.8. The smallest absolute Gasteiger partial charge is 0.119 e. The number of rotatable bonds is 2. The molecule has 2 heteroatoms. The van der Waals surface area contributed by atoms with Gasteiger partial charge in [-0.3, -0.25) is 0 Å². The standard InChI is InChI=1S/C27H38O2/c1-18(7-6-14-25(2,3)29)22-10-11-23-21-9-8-19-17-20(28)12-15-26(19,4)24(21)13-16-27(22,23)5/h8,12,15,17-18,21-24,28-29H,7,9-11,13,16H2,1-5H3/t18-,21+,22-,23+,24+,26+,27-/m1/s1. The second-order valence-electron chi connectivity index (χ2n) is 11.2. The largest absolute Gasteiger partial charge is 0.508 e. The van der Waals surface area contributed by atoms with Crippen molar-refractivity contribution in [2.45, 2.75) is 78.7 Å². The van der Waals surface area contributed by atoms with Gasteiger partial charge < -0.3 is 10.2 Å². The topological polar surface area (TPSA) is 40.5 Å². The predicted molar refractivity (Wildman–Crippen MR) is 119 cm³/mol. The van der Waals surface area contributed by atoms with Crippen molar-refractivity contribution in [2.75, 3.05) is 0 Å². The fourth-order valence-corrected chi connectivity index (χ4v) is 7.50. The highest BCUT2D eigenvalue weighted by molar-refractivity contribution is 5.43. The van der Waals surface area contributed by atoms with E-state index in [0.29, 0.717) is 23.0 Å². The molecule has 2 N–H and O–H groups in total. The van der Waals surface area contributed by atoms with E-state index in [0.717, 1.165) is 30.6 Å². The monoisotopic (exact) mass is 394 g/mol. The van der Waals surface area contributed by atoms with E-state index in [1.165, 1.54) is 31.3 Å². The molecule has 7 atom stereocenters. The number of fused-ring (bicyclic) bond motifs is 5. The van der Waals surface area contributed by atoms with Gasteiger partial charge in [-0.05, 0) is 98.7 Å². The summed E-state index contributed by atoms with van der Waals surface area (Å²) in [6, 6.07) is 0. The van der Waals surface area contributed by atoms with Crippen LogP contribution >= 0.6 is 0 Å². The summed E-state index contributed by atoms with van der Waals surface area (Å²) < 4.78 is 0. The lowest BCUT2D eigenvalue weighted by Gasteiger charge is -2.56. The molecule has 4 aliphatic carbocycles. The van der Waals surface area contributed by atoms with Crippen LogP contribution in [0.5, 0.6) is 0 Å². The van der Waals surface area contributed by atoms with Crippen LogP contribution in [-0.4, -0.2) is 15.8 Å². The first-order chi connectivity index (χ1) is 13.5. The SMILES string of the molecule is C[C@H](CC#CC(C)(C)O)[C@H]1CC[C@H]2[C@@H]3CC=C4C=C(O)C=C[C@]4(C)[C@H]3CC[C@]12C. The van der Waals surface area contributed by atoms with Crippen molar-refractivity contribution in [3.8, 4) is 11.8 Å². The van der Waals surface area contributed by atoms with E-state index in [2.05, 4.69) is 44.8 Å². The van der Waals surface area contributed by atoms with Gasteiger partial charge in [0.25, 0.3) is 0 Å². The summed E-state index contributed by atoms with van der Waals surface area (Å²) in [5.41, 5.74) is 0.929. The molecule has 0 heterocycles. The van der Waals surface area contributed by atoms with Gasteiger partial charge >= 0.3 is 0 Å². The highest BCUT2D eigenvalue weighted by atomic mass is 16.3. The average Bonchev–Trinajstić information content (AvgIpc) is 2.98. The fraction of sp³-hybridized carbons (Fsp3) is 0.704. The van der Waals surface area contributed by atoms with Crippen molar-refractivity contribution < 1.29 is 10.2 Å². The number of hydrogen-bond acceptors (Lipinski definition) is 2. The number of allylic oxidation sites excluding steroid dienone is 5. The summed E-state index contributed by atoms with van der Waals surface area (Å²) >= 11 is 0. The maximum Gasteiger partial charge on any atom is 0.119 e. The molecule has 2 fully saturated rings. The Hall–Kier alpha value is -1.46. The van der Waals surface area contributed by atoms with Crippen molar-refractivity contribution in [3.05, 3.63) is 35.6 Å². The van der Waals surface area contributed by atoms with Crippen molar-refractivity contribution in [3.63, 3.8) is 0 Å². The van der Waals surface area contributed by atoms with E-state index in [1.807, 2.05) is 12.2 Å². The minimum absolute atomic E-state index is 0.0817. The molecule has 29 heavy (non-hydrogen) atoms. The third kappa shape index (κ3) is 3.50. The molecule has 0 bridgehead atoms. The summed E-state index contributed by atoms with van der Waals surface area (Å²) in [5, 5.41) is 19.9. The number of aliphatic hydroxyl groups excluding tert-OH is 1. The Kier molecular flexibility index (Phi) is 5.06. The normalized spacial score (nSPS) is 41.9. The van der Waals surface area contributed by atoms with Gasteiger partial charge in [-0.15, -0.1) is 5.92 Å². The molecule has 0 unspecified atom stereocenters. The van der Waals surface area contributed by atoms with Crippen LogP contribution in [0.25, 0.3) is 0 Å². The van der Waals surface area contributed by atoms with Crippen LogP contribution in [0.1, 0.15) is 73.1 Å². The Bertz CT molecular complexity index is 814. The first kappa shape index (κ1) is 20.8. The van der Waals surface area contributed by atoms with E-state index in [1.54, 1.807) is 13.8 Å².